The normalized spacial score (nSPS) is 40.4. The molecule has 0 aromatic carbocycles. The summed E-state index contributed by atoms with van der Waals surface area (Å²) in [6, 6.07) is 3.29. The fourth-order valence-electron chi connectivity index (χ4n) is 8.58. The molecule has 0 radical (unpaired) electrons. The van der Waals surface area contributed by atoms with E-state index in [1.54, 1.807) is 46.2 Å². The average molecular weight is 837 g/mol. The van der Waals surface area contributed by atoms with Crippen LogP contribution in [-0.2, 0) is 44.7 Å². The van der Waals surface area contributed by atoms with Crippen molar-refractivity contribution in [3.05, 3.63) is 35.6 Å². The number of alkyl halides is 1. The number of carbonyl (C=O) groups is 2. The largest absolute Gasteiger partial charge is 0.457 e. The quantitative estimate of drug-likeness (QED) is 0.196. The molecule has 3 fully saturated rings. The summed E-state index contributed by atoms with van der Waals surface area (Å²) in [5.41, 5.74) is -5.07. The summed E-state index contributed by atoms with van der Waals surface area (Å²) >= 11 is 1.50. The number of hydrogen-bond donors (Lipinski definition) is 3. The standard InChI is InChI=1S/C41H61FN4O11S/c1-11-30-41(8,51)35-24(4)31(47)22(2)17-39(6,53-20-28(19-52-35)45-54-21-27-13-12-26(18-44-27)36-43-14-15-58-36)34(25(5)33(49)40(7,42)38(50)56-30)57-37-32(48)29(46(9)10)16-23(3)55-37/h12-15,18,22-25,29-32,34-35,37,47-48,51H,11,16-17,19-21H2,1-10H3/b45-28+/t22-,23-,24+,25+,29+,30-,31+,32-,34-,35?,37-,39-,40+,41-/m1/s1. The molecular formula is C41H61FN4O11S. The molecule has 0 spiro atoms. The number of halogens is 1. The predicted octanol–water partition coefficient (Wildman–Crippen LogP) is 4.11. The Morgan fingerprint density at radius 1 is 1.07 bits per heavy atom. The molecule has 324 valence electrons. The molecule has 2 aromatic heterocycles. The van der Waals surface area contributed by atoms with Gasteiger partial charge in [0.2, 0.25) is 0 Å². The van der Waals surface area contributed by atoms with Gasteiger partial charge in [-0.2, -0.15) is 0 Å². The highest BCUT2D eigenvalue weighted by Crippen LogP contribution is 2.41. The van der Waals surface area contributed by atoms with Gasteiger partial charge in [0, 0.05) is 41.2 Å². The van der Waals surface area contributed by atoms with Crippen molar-refractivity contribution >= 4 is 28.8 Å². The van der Waals surface area contributed by atoms with Gasteiger partial charge in [-0.25, -0.2) is 14.2 Å². The number of fused-ring (bicyclic) bond motifs is 5. The summed E-state index contributed by atoms with van der Waals surface area (Å²) < 4.78 is 48.3. The fourth-order valence-corrected chi connectivity index (χ4v) is 9.21. The van der Waals surface area contributed by atoms with Crippen LogP contribution in [0.3, 0.4) is 0 Å². The van der Waals surface area contributed by atoms with Crippen molar-refractivity contribution < 1.29 is 57.8 Å². The number of esters is 1. The van der Waals surface area contributed by atoms with E-state index in [1.165, 1.54) is 25.2 Å². The number of carbonyl (C=O) groups excluding carboxylic acids is 2. The molecule has 3 aliphatic heterocycles. The van der Waals surface area contributed by atoms with Gasteiger partial charge in [0.25, 0.3) is 5.67 Å². The second-order valence-corrected chi connectivity index (χ2v) is 17.9. The maximum atomic E-state index is 16.8. The summed E-state index contributed by atoms with van der Waals surface area (Å²) in [6.07, 6.45) is -3.96. The van der Waals surface area contributed by atoms with Crippen LogP contribution >= 0.6 is 11.3 Å². The van der Waals surface area contributed by atoms with Crippen LogP contribution in [0.5, 0.6) is 0 Å². The van der Waals surface area contributed by atoms with E-state index in [-0.39, 0.29) is 50.5 Å². The van der Waals surface area contributed by atoms with Crippen LogP contribution in [0.4, 0.5) is 4.39 Å². The number of nitrogens with zero attached hydrogens (tertiary/aromatic N) is 4. The summed E-state index contributed by atoms with van der Waals surface area (Å²) in [7, 11) is 3.64. The molecule has 5 rings (SSSR count). The van der Waals surface area contributed by atoms with E-state index in [1.807, 2.05) is 37.4 Å². The van der Waals surface area contributed by atoms with Crippen molar-refractivity contribution in [2.75, 3.05) is 27.3 Å². The molecule has 0 aliphatic carbocycles. The first kappa shape index (κ1) is 46.1. The minimum atomic E-state index is -3.19. The topological polar surface area (TPSA) is 192 Å². The van der Waals surface area contributed by atoms with Gasteiger partial charge in [0.1, 0.15) is 28.5 Å². The zero-order valence-electron chi connectivity index (χ0n) is 35.2. The third-order valence-electron chi connectivity index (χ3n) is 12.0. The number of ether oxygens (including phenoxy) is 5. The number of aliphatic hydroxyl groups is 3. The third kappa shape index (κ3) is 9.95. The van der Waals surface area contributed by atoms with E-state index in [2.05, 4.69) is 15.1 Å². The Bertz CT molecular complexity index is 1710. The van der Waals surface area contributed by atoms with Crippen LogP contribution in [0.1, 0.15) is 80.3 Å². The van der Waals surface area contributed by atoms with Crippen LogP contribution in [-0.4, -0.2) is 141 Å². The summed E-state index contributed by atoms with van der Waals surface area (Å²) in [4.78, 5) is 44.5. The Morgan fingerprint density at radius 3 is 2.41 bits per heavy atom. The first-order valence-corrected chi connectivity index (χ1v) is 20.9. The minimum Gasteiger partial charge on any atom is -0.457 e. The number of aliphatic hydroxyl groups excluding tert-OH is 2. The number of rotatable bonds is 8. The lowest BCUT2D eigenvalue weighted by Gasteiger charge is -2.48. The molecular weight excluding hydrogens is 776 g/mol. The number of ketones is 1. The van der Waals surface area contributed by atoms with E-state index in [0.717, 1.165) is 17.5 Å². The van der Waals surface area contributed by atoms with Gasteiger partial charge in [-0.05, 0) is 79.1 Å². The molecule has 58 heavy (non-hydrogen) atoms. The zero-order valence-corrected chi connectivity index (χ0v) is 36.0. The maximum Gasteiger partial charge on any atom is 0.351 e. The van der Waals surface area contributed by atoms with Gasteiger partial charge >= 0.3 is 5.97 Å². The number of pyridine rings is 1. The van der Waals surface area contributed by atoms with E-state index in [4.69, 9.17) is 28.5 Å². The highest BCUT2D eigenvalue weighted by molar-refractivity contribution is 7.13. The lowest BCUT2D eigenvalue weighted by atomic mass is 9.73. The van der Waals surface area contributed by atoms with E-state index >= 15 is 4.39 Å². The van der Waals surface area contributed by atoms with Crippen molar-refractivity contribution in [2.45, 2.75) is 147 Å². The van der Waals surface area contributed by atoms with Crippen molar-refractivity contribution in [3.63, 3.8) is 0 Å². The molecule has 15 nitrogen and oxygen atoms in total. The van der Waals surface area contributed by atoms with Crippen LogP contribution in [0.25, 0.3) is 10.6 Å². The fraction of sp³-hybridized carbons (Fsp3) is 0.732. The number of oxime groups is 1. The molecule has 2 aromatic rings. The van der Waals surface area contributed by atoms with Crippen LogP contribution < -0.4 is 0 Å². The molecule has 3 aliphatic rings. The predicted molar refractivity (Wildman–Crippen MR) is 212 cm³/mol. The number of likely N-dealkylation sites (N-methyl/N-ethyl adjacent to an activating group) is 1. The summed E-state index contributed by atoms with van der Waals surface area (Å²) in [6.45, 7) is 11.8. The van der Waals surface area contributed by atoms with Crippen LogP contribution in [0.15, 0.2) is 35.1 Å². The highest BCUT2D eigenvalue weighted by atomic mass is 32.1. The highest BCUT2D eigenvalue weighted by Gasteiger charge is 2.57. The molecule has 0 amide bonds. The van der Waals surface area contributed by atoms with Crippen molar-refractivity contribution in [1.82, 2.24) is 14.9 Å². The minimum absolute atomic E-state index is 0.0181. The van der Waals surface area contributed by atoms with Crippen LogP contribution in [0.2, 0.25) is 0 Å². The van der Waals surface area contributed by atoms with E-state index in [9.17, 15) is 24.9 Å². The third-order valence-corrected chi connectivity index (χ3v) is 12.8. The Labute approximate surface area is 344 Å². The lowest BCUT2D eigenvalue weighted by Crippen LogP contribution is -2.62. The summed E-state index contributed by atoms with van der Waals surface area (Å²) in [5.74, 6) is -5.47. The van der Waals surface area contributed by atoms with Gasteiger partial charge in [-0.15, -0.1) is 11.3 Å². The second kappa shape index (κ2) is 18.7. The SMILES string of the molecule is CC[C@H]1OC(=O)[C@@](C)(F)C(=O)[C@H](C)[C@@H](O[C@H]2O[C@H](C)C[C@H](N(C)C)[C@H]2O)[C@@]2(C)C[C@@H](C)[C@H](O)[C@H](C)C(OC/C(=N\OCc3ccc(-c4nccs4)cn3)CO2)[C@]1(C)O. The lowest BCUT2D eigenvalue weighted by molar-refractivity contribution is -0.297. The maximum absolute atomic E-state index is 16.8. The first-order chi connectivity index (χ1) is 27.2. The average Bonchev–Trinajstić information content (AvgIpc) is 3.72. The number of Topliss-reactive ketones (excluding diaryl/α,β-unsaturated/α-hetero) is 1. The summed E-state index contributed by atoms with van der Waals surface area (Å²) in [5, 5.41) is 42.8. The zero-order chi connectivity index (χ0) is 42.7. The molecule has 3 N–H and O–H groups in total. The molecule has 14 atom stereocenters. The Hall–Kier alpha value is -3.00. The first-order valence-electron chi connectivity index (χ1n) is 20.0. The number of thiazole rings is 1. The molecule has 5 heterocycles. The van der Waals surface area contributed by atoms with Crippen molar-refractivity contribution in [1.29, 1.82) is 0 Å². The smallest absolute Gasteiger partial charge is 0.351 e. The van der Waals surface area contributed by atoms with Crippen LogP contribution in [0, 0.1) is 17.8 Å². The van der Waals surface area contributed by atoms with Crippen molar-refractivity contribution in [2.24, 2.45) is 22.9 Å². The number of hydrogen-bond acceptors (Lipinski definition) is 16. The van der Waals surface area contributed by atoms with E-state index in [0.29, 0.717) is 12.1 Å². The van der Waals surface area contributed by atoms with Gasteiger partial charge in [0.05, 0.1) is 48.9 Å². The Balaban J connectivity index is 1.59. The van der Waals surface area contributed by atoms with Gasteiger partial charge in [0.15, 0.2) is 18.7 Å². The Morgan fingerprint density at radius 2 is 1.79 bits per heavy atom. The molecule has 17 heteroatoms. The Kier molecular flexibility index (Phi) is 14.9. The number of aromatic nitrogens is 2. The van der Waals surface area contributed by atoms with Gasteiger partial charge in [-0.1, -0.05) is 32.9 Å². The molecule has 0 saturated carbocycles. The number of cyclic esters (lactones) is 1. The molecule has 3 saturated heterocycles. The molecule has 2 bridgehead atoms. The monoisotopic (exact) mass is 836 g/mol. The van der Waals surface area contributed by atoms with E-state index < -0.39 is 83.2 Å². The van der Waals surface area contributed by atoms with Gasteiger partial charge in [-0.3, -0.25) is 9.78 Å². The van der Waals surface area contributed by atoms with Gasteiger partial charge < -0.3 is 48.7 Å². The van der Waals surface area contributed by atoms with Crippen molar-refractivity contribution in [3.8, 4) is 10.6 Å². The second-order valence-electron chi connectivity index (χ2n) is 17.0. The molecule has 1 unspecified atom stereocenters.